The highest BCUT2D eigenvalue weighted by atomic mass is 35.5. The highest BCUT2D eigenvalue weighted by molar-refractivity contribution is 6.31. The summed E-state index contributed by atoms with van der Waals surface area (Å²) in [5.41, 5.74) is 3.32. The molecule has 1 atom stereocenters. The zero-order valence-electron chi connectivity index (χ0n) is 20.1. The van der Waals surface area contributed by atoms with Crippen molar-refractivity contribution in [3.8, 4) is 0 Å². The minimum atomic E-state index is -0.570. The van der Waals surface area contributed by atoms with Gasteiger partial charge in [-0.2, -0.15) is 0 Å². The van der Waals surface area contributed by atoms with Crippen molar-refractivity contribution in [2.75, 3.05) is 6.54 Å². The standard InChI is InChI=1S/C27H37ClN2O2/c1-6-7-18-29-26(32)20(2)30(19-22-10-8-9-11-24(22)28)25(31)17-14-21-12-15-23(16-13-21)27(3,4)5/h8-13,15-16,20H,6-7,14,17-19H2,1-5H3,(H,29,32)/t20-/m1/s1. The molecule has 0 fully saturated rings. The second kappa shape index (κ2) is 12.1. The van der Waals surface area contributed by atoms with Crippen molar-refractivity contribution in [1.29, 1.82) is 0 Å². The van der Waals surface area contributed by atoms with Crippen LogP contribution in [0.5, 0.6) is 0 Å². The van der Waals surface area contributed by atoms with Gasteiger partial charge in [0.15, 0.2) is 0 Å². The van der Waals surface area contributed by atoms with E-state index in [4.69, 9.17) is 11.6 Å². The number of halogens is 1. The van der Waals surface area contributed by atoms with Gasteiger partial charge in [0.1, 0.15) is 6.04 Å². The molecule has 0 radical (unpaired) electrons. The molecule has 0 bridgehead atoms. The van der Waals surface area contributed by atoms with Crippen molar-refractivity contribution in [3.05, 3.63) is 70.2 Å². The predicted octanol–water partition coefficient (Wildman–Crippen LogP) is 5.90. The molecule has 1 N–H and O–H groups in total. The molecular weight excluding hydrogens is 420 g/mol. The molecule has 0 saturated heterocycles. The van der Waals surface area contributed by atoms with E-state index in [0.29, 0.717) is 31.0 Å². The number of benzene rings is 2. The van der Waals surface area contributed by atoms with Crippen LogP contribution in [0.2, 0.25) is 5.02 Å². The maximum absolute atomic E-state index is 13.2. The number of nitrogens with zero attached hydrogens (tertiary/aromatic N) is 1. The molecule has 0 aliphatic carbocycles. The van der Waals surface area contributed by atoms with Crippen molar-refractivity contribution in [3.63, 3.8) is 0 Å². The molecule has 0 saturated carbocycles. The topological polar surface area (TPSA) is 49.4 Å². The number of nitrogens with one attached hydrogen (secondary N) is 1. The molecule has 0 aromatic heterocycles. The summed E-state index contributed by atoms with van der Waals surface area (Å²) in [6.07, 6.45) is 2.89. The van der Waals surface area contributed by atoms with Gasteiger partial charge in [-0.1, -0.05) is 88.2 Å². The van der Waals surface area contributed by atoms with E-state index in [1.54, 1.807) is 11.8 Å². The molecule has 4 nitrogen and oxygen atoms in total. The van der Waals surface area contributed by atoms with E-state index in [-0.39, 0.29) is 17.2 Å². The molecule has 0 unspecified atom stereocenters. The van der Waals surface area contributed by atoms with E-state index in [0.717, 1.165) is 24.0 Å². The molecule has 2 aromatic carbocycles. The summed E-state index contributed by atoms with van der Waals surface area (Å²) in [5.74, 6) is -0.184. The van der Waals surface area contributed by atoms with Crippen LogP contribution in [0, 0.1) is 0 Å². The largest absolute Gasteiger partial charge is 0.354 e. The van der Waals surface area contributed by atoms with Gasteiger partial charge in [0.25, 0.3) is 0 Å². The third kappa shape index (κ3) is 7.67. The van der Waals surface area contributed by atoms with Crippen LogP contribution >= 0.6 is 11.6 Å². The summed E-state index contributed by atoms with van der Waals surface area (Å²) < 4.78 is 0. The number of hydrogen-bond acceptors (Lipinski definition) is 2. The first kappa shape index (κ1) is 25.9. The molecule has 32 heavy (non-hydrogen) atoms. The Balaban J connectivity index is 2.12. The second-order valence-electron chi connectivity index (χ2n) is 9.38. The minimum Gasteiger partial charge on any atom is -0.354 e. The molecule has 2 amide bonds. The number of rotatable bonds is 10. The lowest BCUT2D eigenvalue weighted by Gasteiger charge is -2.29. The molecular formula is C27H37ClN2O2. The highest BCUT2D eigenvalue weighted by Crippen LogP contribution is 2.23. The maximum atomic E-state index is 13.2. The third-order valence-corrected chi connectivity index (χ3v) is 6.11. The molecule has 0 heterocycles. The Labute approximate surface area is 198 Å². The average molecular weight is 457 g/mol. The minimum absolute atomic E-state index is 0.0528. The van der Waals surface area contributed by atoms with Crippen LogP contribution in [0.25, 0.3) is 0 Å². The van der Waals surface area contributed by atoms with Crippen molar-refractivity contribution < 1.29 is 9.59 Å². The maximum Gasteiger partial charge on any atom is 0.242 e. The van der Waals surface area contributed by atoms with Crippen LogP contribution in [-0.2, 0) is 28.0 Å². The lowest BCUT2D eigenvalue weighted by atomic mass is 9.86. The molecule has 0 aliphatic heterocycles. The predicted molar refractivity (Wildman–Crippen MR) is 133 cm³/mol. The van der Waals surface area contributed by atoms with Gasteiger partial charge < -0.3 is 10.2 Å². The van der Waals surface area contributed by atoms with Crippen molar-refractivity contribution in [2.24, 2.45) is 0 Å². The van der Waals surface area contributed by atoms with Gasteiger partial charge >= 0.3 is 0 Å². The number of aryl methyl sites for hydroxylation is 1. The van der Waals surface area contributed by atoms with Crippen molar-refractivity contribution in [2.45, 2.75) is 78.3 Å². The molecule has 5 heteroatoms. The number of unbranched alkanes of at least 4 members (excludes halogenated alkanes) is 1. The summed E-state index contributed by atoms with van der Waals surface area (Å²) in [6.45, 7) is 11.4. The first-order chi connectivity index (χ1) is 15.1. The number of carbonyl (C=O) groups is 2. The van der Waals surface area contributed by atoms with Crippen LogP contribution in [0.1, 0.15) is 70.6 Å². The Kier molecular flexibility index (Phi) is 9.77. The van der Waals surface area contributed by atoms with Crippen LogP contribution < -0.4 is 5.32 Å². The fourth-order valence-corrected chi connectivity index (χ4v) is 3.69. The SMILES string of the molecule is CCCCNC(=O)[C@@H](C)N(Cc1ccccc1Cl)C(=O)CCc1ccc(C(C)(C)C)cc1. The van der Waals surface area contributed by atoms with Crippen molar-refractivity contribution >= 4 is 23.4 Å². The Bertz CT molecular complexity index is 887. The number of amides is 2. The summed E-state index contributed by atoms with van der Waals surface area (Å²) in [4.78, 5) is 27.6. The lowest BCUT2D eigenvalue weighted by Crippen LogP contribution is -2.47. The van der Waals surface area contributed by atoms with Gasteiger partial charge in [-0.05, 0) is 47.9 Å². The van der Waals surface area contributed by atoms with Gasteiger partial charge in [-0.15, -0.1) is 0 Å². The molecule has 2 aromatic rings. The summed E-state index contributed by atoms with van der Waals surface area (Å²) >= 11 is 6.35. The fraction of sp³-hybridized carbons (Fsp3) is 0.481. The normalized spacial score (nSPS) is 12.3. The van der Waals surface area contributed by atoms with Gasteiger partial charge in [-0.25, -0.2) is 0 Å². The van der Waals surface area contributed by atoms with Crippen molar-refractivity contribution in [1.82, 2.24) is 10.2 Å². The lowest BCUT2D eigenvalue weighted by molar-refractivity contribution is -0.140. The quantitative estimate of drug-likeness (QED) is 0.452. The van der Waals surface area contributed by atoms with E-state index in [1.807, 2.05) is 24.3 Å². The molecule has 0 aliphatic rings. The van der Waals surface area contributed by atoms with Crippen LogP contribution in [0.15, 0.2) is 48.5 Å². The number of hydrogen-bond donors (Lipinski definition) is 1. The monoisotopic (exact) mass is 456 g/mol. The van der Waals surface area contributed by atoms with Gasteiger partial charge in [0.05, 0.1) is 0 Å². The van der Waals surface area contributed by atoms with E-state index < -0.39 is 6.04 Å². The van der Waals surface area contributed by atoms with Crippen LogP contribution in [0.4, 0.5) is 0 Å². The van der Waals surface area contributed by atoms with Gasteiger partial charge in [-0.3, -0.25) is 9.59 Å². The average Bonchev–Trinajstić information content (AvgIpc) is 2.76. The molecule has 2 rings (SSSR count). The fourth-order valence-electron chi connectivity index (χ4n) is 3.50. The van der Waals surface area contributed by atoms with E-state index in [2.05, 4.69) is 57.3 Å². The Hall–Kier alpha value is -2.33. The third-order valence-electron chi connectivity index (χ3n) is 5.74. The van der Waals surface area contributed by atoms with E-state index in [9.17, 15) is 9.59 Å². The first-order valence-corrected chi connectivity index (χ1v) is 11.9. The Morgan fingerprint density at radius 3 is 2.31 bits per heavy atom. The zero-order valence-corrected chi connectivity index (χ0v) is 20.8. The van der Waals surface area contributed by atoms with E-state index in [1.165, 1.54) is 5.56 Å². The Morgan fingerprint density at radius 2 is 1.72 bits per heavy atom. The summed E-state index contributed by atoms with van der Waals surface area (Å²) in [6, 6.07) is 15.3. The van der Waals surface area contributed by atoms with E-state index >= 15 is 0 Å². The molecule has 0 spiro atoms. The summed E-state index contributed by atoms with van der Waals surface area (Å²) in [5, 5.41) is 3.55. The highest BCUT2D eigenvalue weighted by Gasteiger charge is 2.26. The Morgan fingerprint density at radius 1 is 1.06 bits per heavy atom. The number of carbonyl (C=O) groups excluding carboxylic acids is 2. The van der Waals surface area contributed by atoms with Gasteiger partial charge in [0.2, 0.25) is 11.8 Å². The zero-order chi connectivity index (χ0) is 23.7. The molecule has 174 valence electrons. The summed E-state index contributed by atoms with van der Waals surface area (Å²) in [7, 11) is 0. The smallest absolute Gasteiger partial charge is 0.242 e. The van der Waals surface area contributed by atoms with Crippen LogP contribution in [-0.4, -0.2) is 29.3 Å². The van der Waals surface area contributed by atoms with Gasteiger partial charge in [0, 0.05) is 24.5 Å². The second-order valence-corrected chi connectivity index (χ2v) is 9.79. The van der Waals surface area contributed by atoms with Crippen LogP contribution in [0.3, 0.4) is 0 Å². The first-order valence-electron chi connectivity index (χ1n) is 11.5.